The zero-order valence-electron chi connectivity index (χ0n) is 15.3. The van der Waals surface area contributed by atoms with Crippen LogP contribution in [0.5, 0.6) is 0 Å². The summed E-state index contributed by atoms with van der Waals surface area (Å²) in [6, 6.07) is 10.6. The van der Waals surface area contributed by atoms with Crippen LogP contribution in [0.25, 0.3) is 0 Å². The number of aliphatic hydroxyl groups excluding tert-OH is 2. The molecule has 1 aromatic heterocycles. The normalized spacial score (nSPS) is 24.2. The Balaban J connectivity index is 1.81. The summed E-state index contributed by atoms with van der Waals surface area (Å²) in [6.07, 6.45) is -3.25. The number of hydrogen-bond acceptors (Lipinski definition) is 7. The van der Waals surface area contributed by atoms with Crippen molar-refractivity contribution < 1.29 is 24.5 Å². The summed E-state index contributed by atoms with van der Waals surface area (Å²) >= 11 is 0. The molecule has 28 heavy (non-hydrogen) atoms. The van der Waals surface area contributed by atoms with E-state index < -0.39 is 41.8 Å². The van der Waals surface area contributed by atoms with Gasteiger partial charge >= 0.3 is 11.7 Å². The van der Waals surface area contributed by atoms with Gasteiger partial charge in [-0.25, -0.2) is 4.79 Å². The molecule has 1 aliphatic rings. The summed E-state index contributed by atoms with van der Waals surface area (Å²) in [6.45, 7) is 1.11. The lowest BCUT2D eigenvalue weighted by molar-refractivity contribution is -0.147. The number of aryl methyl sites for hydroxylation is 1. The van der Waals surface area contributed by atoms with E-state index in [9.17, 15) is 24.6 Å². The van der Waals surface area contributed by atoms with Crippen LogP contribution in [0.2, 0.25) is 0 Å². The summed E-state index contributed by atoms with van der Waals surface area (Å²) in [5.41, 5.74) is -0.160. The number of aromatic nitrogens is 2. The van der Waals surface area contributed by atoms with Gasteiger partial charge < -0.3 is 19.7 Å². The standard InChI is InChI=1S/C19H22N2O7/c1-12(22)27-11-14-16(24)17(25)18(28-14)21-10-8-15(23)20(19(21)26)9-7-13-5-3-2-4-6-13/h2-6,8,10,14,16-18,24-25H,7,9,11H2,1H3/t14-,16?,17+,18-/m1/s1. The summed E-state index contributed by atoms with van der Waals surface area (Å²) < 4.78 is 12.5. The minimum absolute atomic E-state index is 0.158. The molecule has 1 saturated heterocycles. The highest BCUT2D eigenvalue weighted by Gasteiger charge is 2.44. The van der Waals surface area contributed by atoms with Gasteiger partial charge in [-0.1, -0.05) is 30.3 Å². The average molecular weight is 390 g/mol. The molecule has 9 heteroatoms. The molecule has 9 nitrogen and oxygen atoms in total. The SMILES string of the molecule is CC(=O)OC[C@H]1O[C@@H](n2ccc(=O)n(CCc3ccccc3)c2=O)[C@@H](O)C1O. The molecule has 1 unspecified atom stereocenters. The van der Waals surface area contributed by atoms with Crippen molar-refractivity contribution in [3.8, 4) is 0 Å². The maximum absolute atomic E-state index is 12.8. The monoisotopic (exact) mass is 390 g/mol. The summed E-state index contributed by atoms with van der Waals surface area (Å²) in [5, 5.41) is 20.4. The lowest BCUT2D eigenvalue weighted by Gasteiger charge is -2.18. The lowest BCUT2D eigenvalue weighted by Crippen LogP contribution is -2.43. The summed E-state index contributed by atoms with van der Waals surface area (Å²) in [5.74, 6) is -0.555. The zero-order chi connectivity index (χ0) is 20.3. The van der Waals surface area contributed by atoms with Crippen LogP contribution in [-0.2, 0) is 27.2 Å². The molecule has 1 aromatic carbocycles. The van der Waals surface area contributed by atoms with Crippen molar-refractivity contribution in [1.82, 2.24) is 9.13 Å². The van der Waals surface area contributed by atoms with Crippen LogP contribution < -0.4 is 11.2 Å². The molecule has 0 bridgehead atoms. The van der Waals surface area contributed by atoms with E-state index in [1.807, 2.05) is 30.3 Å². The van der Waals surface area contributed by atoms with Crippen LogP contribution >= 0.6 is 0 Å². The third kappa shape index (κ3) is 4.22. The molecule has 2 aromatic rings. The Hall–Kier alpha value is -2.75. The molecule has 1 fully saturated rings. The molecule has 3 rings (SSSR count). The van der Waals surface area contributed by atoms with E-state index in [1.165, 1.54) is 19.2 Å². The van der Waals surface area contributed by atoms with Gasteiger partial charge in [-0.2, -0.15) is 0 Å². The number of hydrogen-bond donors (Lipinski definition) is 2. The van der Waals surface area contributed by atoms with Crippen molar-refractivity contribution in [2.45, 2.75) is 44.4 Å². The van der Waals surface area contributed by atoms with Gasteiger partial charge in [0.05, 0.1) is 0 Å². The van der Waals surface area contributed by atoms with Crippen LogP contribution in [0.4, 0.5) is 0 Å². The number of carbonyl (C=O) groups excluding carboxylic acids is 1. The third-order valence-electron chi connectivity index (χ3n) is 4.62. The second kappa shape index (κ2) is 8.51. The quantitative estimate of drug-likeness (QED) is 0.634. The highest BCUT2D eigenvalue weighted by molar-refractivity contribution is 5.65. The summed E-state index contributed by atoms with van der Waals surface area (Å²) in [7, 11) is 0. The van der Waals surface area contributed by atoms with Gasteiger partial charge in [-0.05, 0) is 12.0 Å². The van der Waals surface area contributed by atoms with Gasteiger partial charge in [0.15, 0.2) is 6.23 Å². The van der Waals surface area contributed by atoms with E-state index in [0.29, 0.717) is 6.42 Å². The van der Waals surface area contributed by atoms with Gasteiger partial charge in [-0.15, -0.1) is 0 Å². The first-order chi connectivity index (χ1) is 13.4. The number of nitrogens with zero attached hydrogens (tertiary/aromatic N) is 2. The number of aliphatic hydroxyl groups is 2. The molecular weight excluding hydrogens is 368 g/mol. The van der Waals surface area contributed by atoms with Crippen LogP contribution in [0.15, 0.2) is 52.2 Å². The first kappa shape index (κ1) is 20.0. The summed E-state index contributed by atoms with van der Waals surface area (Å²) in [4.78, 5) is 35.9. The average Bonchev–Trinajstić information content (AvgIpc) is 2.95. The molecule has 2 N–H and O–H groups in total. The molecule has 0 spiro atoms. The fourth-order valence-corrected chi connectivity index (χ4v) is 3.11. The van der Waals surface area contributed by atoms with Crippen molar-refractivity contribution in [3.05, 3.63) is 69.0 Å². The van der Waals surface area contributed by atoms with Gasteiger partial charge in [0, 0.05) is 25.7 Å². The molecule has 150 valence electrons. The number of ether oxygens (including phenoxy) is 2. The highest BCUT2D eigenvalue weighted by atomic mass is 16.6. The number of carbonyl (C=O) groups is 1. The maximum Gasteiger partial charge on any atom is 0.333 e. The van der Waals surface area contributed by atoms with E-state index in [0.717, 1.165) is 14.7 Å². The zero-order valence-corrected chi connectivity index (χ0v) is 15.3. The van der Waals surface area contributed by atoms with Crippen LogP contribution in [0, 0.1) is 0 Å². The Morgan fingerprint density at radius 1 is 1.14 bits per heavy atom. The number of benzene rings is 1. The molecule has 4 atom stereocenters. The highest BCUT2D eigenvalue weighted by Crippen LogP contribution is 2.28. The first-order valence-corrected chi connectivity index (χ1v) is 8.89. The van der Waals surface area contributed by atoms with E-state index in [2.05, 4.69) is 0 Å². The molecule has 0 aliphatic carbocycles. The van der Waals surface area contributed by atoms with Gasteiger partial charge in [0.2, 0.25) is 0 Å². The predicted octanol–water partition coefficient (Wildman–Crippen LogP) is -0.565. The topological polar surface area (TPSA) is 120 Å². The van der Waals surface area contributed by atoms with Crippen molar-refractivity contribution in [2.24, 2.45) is 0 Å². The molecule has 1 aliphatic heterocycles. The van der Waals surface area contributed by atoms with E-state index >= 15 is 0 Å². The maximum atomic E-state index is 12.8. The predicted molar refractivity (Wildman–Crippen MR) is 97.7 cm³/mol. The number of rotatable bonds is 6. The van der Waals surface area contributed by atoms with E-state index in [-0.39, 0.29) is 13.2 Å². The smallest absolute Gasteiger partial charge is 0.333 e. The van der Waals surface area contributed by atoms with Gasteiger partial charge in [0.25, 0.3) is 5.56 Å². The minimum Gasteiger partial charge on any atom is -0.463 e. The molecule has 0 radical (unpaired) electrons. The van der Waals surface area contributed by atoms with E-state index in [4.69, 9.17) is 9.47 Å². The second-order valence-corrected chi connectivity index (χ2v) is 6.58. The Morgan fingerprint density at radius 3 is 2.54 bits per heavy atom. The van der Waals surface area contributed by atoms with Gasteiger partial charge in [-0.3, -0.25) is 18.7 Å². The minimum atomic E-state index is -1.42. The van der Waals surface area contributed by atoms with Crippen molar-refractivity contribution in [2.75, 3.05) is 6.61 Å². The number of esters is 1. The Bertz CT molecular complexity index is 937. The van der Waals surface area contributed by atoms with Gasteiger partial charge in [0.1, 0.15) is 24.9 Å². The molecular formula is C19H22N2O7. The molecule has 0 saturated carbocycles. The lowest BCUT2D eigenvalue weighted by atomic mass is 10.1. The fourth-order valence-electron chi connectivity index (χ4n) is 3.11. The molecule has 0 amide bonds. The second-order valence-electron chi connectivity index (χ2n) is 6.58. The Morgan fingerprint density at radius 2 is 1.86 bits per heavy atom. The van der Waals surface area contributed by atoms with Crippen LogP contribution in [0.3, 0.4) is 0 Å². The van der Waals surface area contributed by atoms with Crippen molar-refractivity contribution >= 4 is 5.97 Å². The Labute approximate surface area is 160 Å². The van der Waals surface area contributed by atoms with E-state index in [1.54, 1.807) is 0 Å². The van der Waals surface area contributed by atoms with Crippen molar-refractivity contribution in [3.63, 3.8) is 0 Å². The first-order valence-electron chi connectivity index (χ1n) is 8.89. The third-order valence-corrected chi connectivity index (χ3v) is 4.62. The van der Waals surface area contributed by atoms with Crippen molar-refractivity contribution in [1.29, 1.82) is 0 Å². The van der Waals surface area contributed by atoms with Crippen LogP contribution in [0.1, 0.15) is 18.7 Å². The largest absolute Gasteiger partial charge is 0.463 e. The fraction of sp³-hybridized carbons (Fsp3) is 0.421. The molecule has 2 heterocycles. The van der Waals surface area contributed by atoms with Crippen LogP contribution in [-0.4, -0.2) is 50.2 Å². The Kier molecular flexibility index (Phi) is 6.08.